The van der Waals surface area contributed by atoms with Gasteiger partial charge in [0, 0.05) is 18.6 Å². The number of nitrogens with zero attached hydrogens (tertiary/aromatic N) is 3. The van der Waals surface area contributed by atoms with Gasteiger partial charge >= 0.3 is 10.1 Å². The Bertz CT molecular complexity index is 1210. The first-order valence-corrected chi connectivity index (χ1v) is 13.3. The molecule has 8 nitrogen and oxygen atoms in total. The zero-order valence-electron chi connectivity index (χ0n) is 18.0. The van der Waals surface area contributed by atoms with Gasteiger partial charge < -0.3 is 4.90 Å². The third-order valence-electron chi connectivity index (χ3n) is 5.16. The lowest BCUT2D eigenvalue weighted by atomic mass is 10.2. The van der Waals surface area contributed by atoms with E-state index >= 15 is 0 Å². The average Bonchev–Trinajstić information content (AvgIpc) is 3.50. The van der Waals surface area contributed by atoms with Crippen molar-refractivity contribution < 1.29 is 21.4 Å². The van der Waals surface area contributed by atoms with Crippen LogP contribution in [0.15, 0.2) is 52.4 Å². The third kappa shape index (κ3) is 5.87. The standard InChI is InChI=1S/C21H26ClN3O5S2/c1-15-4-9-19(10-5-15)31(26,27)25(13-17-6-7-17)21(32(28,29)30)24(3)14-23-20-11-8-18(22)12-16(20)2/h4-5,8-12,14,17,21H,6-7,13H2,1-3H3,(H,28,29,30). The van der Waals surface area contributed by atoms with Crippen LogP contribution in [0, 0.1) is 19.8 Å². The van der Waals surface area contributed by atoms with Crippen molar-refractivity contribution in [1.82, 2.24) is 9.21 Å². The van der Waals surface area contributed by atoms with Crippen molar-refractivity contribution in [3.05, 3.63) is 58.6 Å². The Morgan fingerprint density at radius 2 is 1.75 bits per heavy atom. The Balaban J connectivity index is 2.01. The summed E-state index contributed by atoms with van der Waals surface area (Å²) >= 11 is 5.96. The molecule has 1 atom stereocenters. The van der Waals surface area contributed by atoms with Crippen molar-refractivity contribution in [2.45, 2.75) is 37.1 Å². The molecule has 174 valence electrons. The molecular formula is C21H26ClN3O5S2. The molecule has 0 aliphatic heterocycles. The number of hydrogen-bond donors (Lipinski definition) is 1. The number of sulfonamides is 1. The van der Waals surface area contributed by atoms with E-state index in [4.69, 9.17) is 11.6 Å². The Morgan fingerprint density at radius 1 is 1.12 bits per heavy atom. The Hall–Kier alpha value is -1.98. The lowest BCUT2D eigenvalue weighted by Gasteiger charge is -2.33. The van der Waals surface area contributed by atoms with E-state index in [1.54, 1.807) is 37.3 Å². The van der Waals surface area contributed by atoms with E-state index in [1.807, 2.05) is 6.92 Å². The van der Waals surface area contributed by atoms with Crippen LogP contribution >= 0.6 is 11.6 Å². The summed E-state index contributed by atoms with van der Waals surface area (Å²) in [5, 5.41) is 0.533. The van der Waals surface area contributed by atoms with Crippen molar-refractivity contribution in [2.75, 3.05) is 13.6 Å². The molecular weight excluding hydrogens is 474 g/mol. The molecule has 1 unspecified atom stereocenters. The summed E-state index contributed by atoms with van der Waals surface area (Å²) in [7, 11) is -7.71. The highest BCUT2D eigenvalue weighted by atomic mass is 35.5. The number of benzene rings is 2. The lowest BCUT2D eigenvalue weighted by Crippen LogP contribution is -2.53. The fourth-order valence-electron chi connectivity index (χ4n) is 3.24. The van der Waals surface area contributed by atoms with Gasteiger partial charge in [-0.2, -0.15) is 12.7 Å². The number of rotatable bonds is 9. The van der Waals surface area contributed by atoms with Crippen molar-refractivity contribution in [2.24, 2.45) is 10.9 Å². The van der Waals surface area contributed by atoms with E-state index in [9.17, 15) is 21.4 Å². The van der Waals surface area contributed by atoms with Crippen LogP contribution in [0.5, 0.6) is 0 Å². The van der Waals surface area contributed by atoms with E-state index in [2.05, 4.69) is 4.99 Å². The zero-order chi connectivity index (χ0) is 23.7. The molecule has 1 aliphatic carbocycles. The lowest BCUT2D eigenvalue weighted by molar-refractivity contribution is 0.245. The molecule has 1 aliphatic rings. The van der Waals surface area contributed by atoms with Crippen LogP contribution in [-0.4, -0.2) is 56.0 Å². The molecule has 2 aromatic carbocycles. The molecule has 2 aromatic rings. The first kappa shape index (κ1) is 24.7. The molecule has 0 aromatic heterocycles. The fourth-order valence-corrected chi connectivity index (χ4v) is 6.54. The van der Waals surface area contributed by atoms with Crippen LogP contribution in [0.3, 0.4) is 0 Å². The fraction of sp³-hybridized carbons (Fsp3) is 0.381. The maximum Gasteiger partial charge on any atom is 0.301 e. The second kappa shape index (κ2) is 9.48. The second-order valence-corrected chi connectivity index (χ2v) is 11.8. The molecule has 1 N–H and O–H groups in total. The topological polar surface area (TPSA) is 107 Å². The molecule has 1 fully saturated rings. The predicted octanol–water partition coefficient (Wildman–Crippen LogP) is 3.82. The van der Waals surface area contributed by atoms with E-state index in [-0.39, 0.29) is 17.4 Å². The van der Waals surface area contributed by atoms with Gasteiger partial charge in [0.05, 0.1) is 16.9 Å². The second-order valence-electron chi connectivity index (χ2n) is 8.01. The van der Waals surface area contributed by atoms with Gasteiger partial charge in [-0.1, -0.05) is 29.3 Å². The maximum atomic E-state index is 13.4. The van der Waals surface area contributed by atoms with Crippen molar-refractivity contribution in [3.63, 3.8) is 0 Å². The minimum Gasteiger partial charge on any atom is -0.334 e. The molecule has 32 heavy (non-hydrogen) atoms. The van der Waals surface area contributed by atoms with Crippen molar-refractivity contribution in [1.29, 1.82) is 0 Å². The van der Waals surface area contributed by atoms with Gasteiger partial charge in [0.15, 0.2) is 0 Å². The van der Waals surface area contributed by atoms with Gasteiger partial charge in [0.1, 0.15) is 0 Å². The number of hydrogen-bond acceptors (Lipinski definition) is 5. The van der Waals surface area contributed by atoms with Gasteiger partial charge in [-0.15, -0.1) is 0 Å². The summed E-state index contributed by atoms with van der Waals surface area (Å²) < 4.78 is 62.5. The highest BCUT2D eigenvalue weighted by Crippen LogP contribution is 2.34. The minimum absolute atomic E-state index is 0.0289. The summed E-state index contributed by atoms with van der Waals surface area (Å²) in [6.07, 6.45) is 2.78. The molecule has 1 saturated carbocycles. The first-order chi connectivity index (χ1) is 14.9. The largest absolute Gasteiger partial charge is 0.334 e. The van der Waals surface area contributed by atoms with Gasteiger partial charge in [-0.05, 0) is 68.5 Å². The minimum atomic E-state index is -4.84. The van der Waals surface area contributed by atoms with E-state index in [0.717, 1.165) is 33.2 Å². The Kier molecular flexibility index (Phi) is 7.31. The molecule has 0 bridgehead atoms. The van der Waals surface area contributed by atoms with Gasteiger partial charge in [-0.3, -0.25) is 4.55 Å². The summed E-state index contributed by atoms with van der Waals surface area (Å²) in [6.45, 7) is 3.58. The molecule has 0 radical (unpaired) electrons. The highest BCUT2D eigenvalue weighted by Gasteiger charge is 2.43. The quantitative estimate of drug-likeness (QED) is 0.243. The van der Waals surface area contributed by atoms with E-state index in [1.165, 1.54) is 25.5 Å². The number of halogens is 1. The van der Waals surface area contributed by atoms with Crippen LogP contribution < -0.4 is 0 Å². The highest BCUT2D eigenvalue weighted by molar-refractivity contribution is 7.91. The summed E-state index contributed by atoms with van der Waals surface area (Å²) in [6, 6.07) is 11.1. The van der Waals surface area contributed by atoms with E-state index in [0.29, 0.717) is 10.7 Å². The SMILES string of the molecule is Cc1ccc(S(=O)(=O)N(CC2CC2)C(N(C)C=Nc2ccc(Cl)cc2C)S(=O)(=O)O)cc1. The summed E-state index contributed by atoms with van der Waals surface area (Å²) in [5.41, 5.74) is 0.288. The van der Waals surface area contributed by atoms with Crippen LogP contribution in [0.2, 0.25) is 5.02 Å². The number of aliphatic imine (C=N–C) groups is 1. The molecule has 11 heteroatoms. The smallest absolute Gasteiger partial charge is 0.301 e. The monoisotopic (exact) mass is 499 g/mol. The molecule has 0 spiro atoms. The van der Waals surface area contributed by atoms with Crippen molar-refractivity contribution in [3.8, 4) is 0 Å². The Labute approximate surface area is 194 Å². The van der Waals surface area contributed by atoms with Gasteiger partial charge in [-0.25, -0.2) is 13.4 Å². The normalized spacial score (nSPS) is 15.9. The summed E-state index contributed by atoms with van der Waals surface area (Å²) in [5.74, 6) is 0.0309. The average molecular weight is 500 g/mol. The van der Waals surface area contributed by atoms with Crippen LogP contribution in [0.25, 0.3) is 0 Å². The molecule has 0 saturated heterocycles. The third-order valence-corrected chi connectivity index (χ3v) is 8.48. The first-order valence-electron chi connectivity index (χ1n) is 9.96. The number of aryl methyl sites for hydroxylation is 2. The summed E-state index contributed by atoms with van der Waals surface area (Å²) in [4.78, 5) is 5.31. The van der Waals surface area contributed by atoms with Crippen LogP contribution in [0.1, 0.15) is 24.0 Å². The Morgan fingerprint density at radius 3 is 2.28 bits per heavy atom. The zero-order valence-corrected chi connectivity index (χ0v) is 20.4. The molecule has 0 amide bonds. The molecule has 3 rings (SSSR count). The van der Waals surface area contributed by atoms with Gasteiger partial charge in [0.2, 0.25) is 15.5 Å². The van der Waals surface area contributed by atoms with Crippen molar-refractivity contribution >= 4 is 43.8 Å². The maximum absolute atomic E-state index is 13.4. The van der Waals surface area contributed by atoms with Gasteiger partial charge in [0.25, 0.3) is 0 Å². The predicted molar refractivity (Wildman–Crippen MR) is 125 cm³/mol. The van der Waals surface area contributed by atoms with E-state index < -0.39 is 25.6 Å². The molecule has 0 heterocycles. The van der Waals surface area contributed by atoms with Crippen LogP contribution in [-0.2, 0) is 20.1 Å². The van der Waals surface area contributed by atoms with Crippen LogP contribution in [0.4, 0.5) is 5.69 Å².